The summed E-state index contributed by atoms with van der Waals surface area (Å²) in [4.78, 5) is 34.1. The lowest BCUT2D eigenvalue weighted by atomic mass is 10.2. The molecule has 148 valence electrons. The molecule has 0 bridgehead atoms. The molecule has 10 heteroatoms. The summed E-state index contributed by atoms with van der Waals surface area (Å²) in [6, 6.07) is 12.5. The first-order chi connectivity index (χ1) is 13.9. The topological polar surface area (TPSA) is 129 Å². The van der Waals surface area contributed by atoms with Gasteiger partial charge in [-0.05, 0) is 31.2 Å². The van der Waals surface area contributed by atoms with Crippen molar-refractivity contribution in [1.82, 2.24) is 15.0 Å². The van der Waals surface area contributed by atoms with Gasteiger partial charge in [0, 0.05) is 17.8 Å². The third-order valence-electron chi connectivity index (χ3n) is 3.89. The second-order valence-electron chi connectivity index (χ2n) is 6.20. The van der Waals surface area contributed by atoms with Crippen molar-refractivity contribution >= 4 is 23.3 Å². The first-order valence-corrected chi connectivity index (χ1v) is 8.58. The number of benzene rings is 2. The summed E-state index contributed by atoms with van der Waals surface area (Å²) in [5, 5.41) is 21.1. The maximum atomic E-state index is 12.1. The summed E-state index contributed by atoms with van der Waals surface area (Å²) < 4.78 is 6.45. The van der Waals surface area contributed by atoms with Gasteiger partial charge in [0.1, 0.15) is 18.8 Å². The van der Waals surface area contributed by atoms with Crippen molar-refractivity contribution in [3.05, 3.63) is 81.7 Å². The number of non-ortho nitro benzene ring substituents is 1. The van der Waals surface area contributed by atoms with E-state index >= 15 is 0 Å². The summed E-state index contributed by atoms with van der Waals surface area (Å²) in [7, 11) is 0. The molecule has 2 aromatic carbocycles. The summed E-state index contributed by atoms with van der Waals surface area (Å²) in [6.07, 6.45) is 1.50. The van der Waals surface area contributed by atoms with E-state index in [1.54, 1.807) is 12.1 Å². The van der Waals surface area contributed by atoms with Gasteiger partial charge in [-0.1, -0.05) is 22.9 Å². The van der Waals surface area contributed by atoms with E-state index in [1.807, 2.05) is 19.1 Å². The maximum absolute atomic E-state index is 12.1. The van der Waals surface area contributed by atoms with Gasteiger partial charge in [0.25, 0.3) is 5.69 Å². The second kappa shape index (κ2) is 8.74. The number of amides is 1. The number of aromatic nitrogens is 3. The monoisotopic (exact) mass is 395 g/mol. The minimum Gasteiger partial charge on any atom is -0.455 e. The van der Waals surface area contributed by atoms with E-state index in [0.29, 0.717) is 11.4 Å². The summed E-state index contributed by atoms with van der Waals surface area (Å²) >= 11 is 0. The van der Waals surface area contributed by atoms with E-state index in [1.165, 1.54) is 35.1 Å². The molecule has 1 amide bonds. The number of hydrogen-bond acceptors (Lipinski definition) is 7. The number of nitrogens with one attached hydrogen (secondary N) is 1. The Hall–Kier alpha value is -4.08. The maximum Gasteiger partial charge on any atom is 0.338 e. The Bertz CT molecular complexity index is 1030. The fraction of sp³-hybridized carbons (Fsp3) is 0.158. The van der Waals surface area contributed by atoms with Gasteiger partial charge in [-0.25, -0.2) is 9.48 Å². The SMILES string of the molecule is Cc1ccc(NC(=O)Cn2cc(COC(=O)c3ccc([N+](=O)[O-])cc3)nn2)cc1. The zero-order valence-corrected chi connectivity index (χ0v) is 15.4. The molecule has 0 fully saturated rings. The summed E-state index contributed by atoms with van der Waals surface area (Å²) in [6.45, 7) is 1.77. The highest BCUT2D eigenvalue weighted by atomic mass is 16.6. The molecular formula is C19H17N5O5. The zero-order chi connectivity index (χ0) is 20.8. The lowest BCUT2D eigenvalue weighted by Crippen LogP contribution is -2.19. The van der Waals surface area contributed by atoms with Crippen molar-refractivity contribution in [3.8, 4) is 0 Å². The highest BCUT2D eigenvalue weighted by Gasteiger charge is 2.12. The van der Waals surface area contributed by atoms with Crippen molar-refractivity contribution in [2.24, 2.45) is 0 Å². The molecule has 0 saturated heterocycles. The van der Waals surface area contributed by atoms with E-state index in [2.05, 4.69) is 15.6 Å². The van der Waals surface area contributed by atoms with Crippen LogP contribution in [0.3, 0.4) is 0 Å². The Morgan fingerprint density at radius 1 is 1.14 bits per heavy atom. The number of rotatable bonds is 7. The molecular weight excluding hydrogens is 378 g/mol. The number of carbonyl (C=O) groups is 2. The quantitative estimate of drug-likeness (QED) is 0.369. The summed E-state index contributed by atoms with van der Waals surface area (Å²) in [5.41, 5.74) is 2.20. The molecule has 3 rings (SSSR count). The molecule has 0 radical (unpaired) electrons. The number of esters is 1. The van der Waals surface area contributed by atoms with Crippen LogP contribution in [-0.2, 0) is 22.7 Å². The highest BCUT2D eigenvalue weighted by molar-refractivity contribution is 5.90. The number of aryl methyl sites for hydroxylation is 1. The van der Waals surface area contributed by atoms with E-state index in [-0.39, 0.29) is 30.3 Å². The fourth-order valence-corrected chi connectivity index (χ4v) is 2.41. The minimum atomic E-state index is -0.647. The average molecular weight is 395 g/mol. The Labute approximate surface area is 165 Å². The fourth-order valence-electron chi connectivity index (χ4n) is 2.41. The predicted molar refractivity (Wildman–Crippen MR) is 102 cm³/mol. The van der Waals surface area contributed by atoms with E-state index in [4.69, 9.17) is 4.74 Å². The van der Waals surface area contributed by atoms with Gasteiger partial charge in [-0.3, -0.25) is 14.9 Å². The number of carbonyl (C=O) groups excluding carboxylic acids is 2. The van der Waals surface area contributed by atoms with Gasteiger partial charge in [0.2, 0.25) is 5.91 Å². The van der Waals surface area contributed by atoms with Crippen LogP contribution < -0.4 is 5.32 Å². The zero-order valence-electron chi connectivity index (χ0n) is 15.4. The van der Waals surface area contributed by atoms with Crippen molar-refractivity contribution in [2.75, 3.05) is 5.32 Å². The van der Waals surface area contributed by atoms with Crippen LogP contribution in [0.5, 0.6) is 0 Å². The Morgan fingerprint density at radius 3 is 2.48 bits per heavy atom. The smallest absolute Gasteiger partial charge is 0.338 e. The molecule has 0 aliphatic carbocycles. The molecule has 10 nitrogen and oxygen atoms in total. The molecule has 29 heavy (non-hydrogen) atoms. The van der Waals surface area contributed by atoms with Gasteiger partial charge >= 0.3 is 5.97 Å². The van der Waals surface area contributed by atoms with Gasteiger partial charge in [0.15, 0.2) is 0 Å². The van der Waals surface area contributed by atoms with Crippen molar-refractivity contribution in [3.63, 3.8) is 0 Å². The van der Waals surface area contributed by atoms with Crippen LogP contribution in [0.25, 0.3) is 0 Å². The summed E-state index contributed by atoms with van der Waals surface area (Å²) in [5.74, 6) is -0.917. The second-order valence-corrected chi connectivity index (χ2v) is 6.20. The first kappa shape index (κ1) is 19.7. The van der Waals surface area contributed by atoms with Crippen LogP contribution in [-0.4, -0.2) is 31.8 Å². The molecule has 0 aliphatic rings. The van der Waals surface area contributed by atoms with E-state index in [0.717, 1.165) is 5.56 Å². The predicted octanol–water partition coefficient (Wildman–Crippen LogP) is 2.49. The number of anilines is 1. The Morgan fingerprint density at radius 2 is 1.83 bits per heavy atom. The van der Waals surface area contributed by atoms with Crippen LogP contribution in [0.15, 0.2) is 54.7 Å². The van der Waals surface area contributed by atoms with Crippen LogP contribution in [0.2, 0.25) is 0 Å². The standard InChI is InChI=1S/C19H17N5O5/c1-13-2-6-15(7-3-13)20-18(25)11-23-10-16(21-22-23)12-29-19(26)14-4-8-17(9-5-14)24(27)28/h2-10H,11-12H2,1H3,(H,20,25). The first-order valence-electron chi connectivity index (χ1n) is 8.58. The van der Waals surface area contributed by atoms with E-state index in [9.17, 15) is 19.7 Å². The molecule has 1 aromatic heterocycles. The van der Waals surface area contributed by atoms with Crippen LogP contribution in [0.1, 0.15) is 21.6 Å². The molecule has 0 unspecified atom stereocenters. The third-order valence-corrected chi connectivity index (χ3v) is 3.89. The molecule has 0 spiro atoms. The van der Waals surface area contributed by atoms with Crippen molar-refractivity contribution < 1.29 is 19.2 Å². The van der Waals surface area contributed by atoms with Gasteiger partial charge in [0.05, 0.1) is 16.7 Å². The van der Waals surface area contributed by atoms with Gasteiger partial charge < -0.3 is 10.1 Å². The normalized spacial score (nSPS) is 10.4. The molecule has 3 aromatic rings. The lowest BCUT2D eigenvalue weighted by Gasteiger charge is -2.05. The highest BCUT2D eigenvalue weighted by Crippen LogP contribution is 2.13. The van der Waals surface area contributed by atoms with E-state index < -0.39 is 10.9 Å². The molecule has 0 saturated carbocycles. The molecule has 0 atom stereocenters. The molecule has 0 aliphatic heterocycles. The minimum absolute atomic E-state index is 0.0445. The van der Waals surface area contributed by atoms with Crippen LogP contribution in [0.4, 0.5) is 11.4 Å². The Balaban J connectivity index is 1.50. The van der Waals surface area contributed by atoms with Crippen LogP contribution in [0, 0.1) is 17.0 Å². The van der Waals surface area contributed by atoms with Crippen molar-refractivity contribution in [2.45, 2.75) is 20.1 Å². The van der Waals surface area contributed by atoms with Gasteiger partial charge in [-0.15, -0.1) is 5.10 Å². The van der Waals surface area contributed by atoms with Crippen molar-refractivity contribution in [1.29, 1.82) is 0 Å². The third kappa shape index (κ3) is 5.45. The lowest BCUT2D eigenvalue weighted by molar-refractivity contribution is -0.384. The number of ether oxygens (including phenoxy) is 1. The largest absolute Gasteiger partial charge is 0.455 e. The number of hydrogen-bond donors (Lipinski definition) is 1. The molecule has 1 N–H and O–H groups in total. The number of nitro benzene ring substituents is 1. The number of nitrogens with zero attached hydrogens (tertiary/aromatic N) is 4. The molecule has 1 heterocycles. The average Bonchev–Trinajstić information content (AvgIpc) is 3.15. The van der Waals surface area contributed by atoms with Crippen LogP contribution >= 0.6 is 0 Å². The Kier molecular flexibility index (Phi) is 5.93. The number of nitro groups is 1. The van der Waals surface area contributed by atoms with Gasteiger partial charge in [-0.2, -0.15) is 0 Å².